The smallest absolute Gasteiger partial charge is 0.404 e. The molecule has 3 aromatic carbocycles. The summed E-state index contributed by atoms with van der Waals surface area (Å²) in [5.41, 5.74) is 6.67. The van der Waals surface area contributed by atoms with Gasteiger partial charge in [-0.1, -0.05) is 66.2 Å². The van der Waals surface area contributed by atoms with Gasteiger partial charge >= 0.3 is 6.09 Å². The molecule has 0 spiro atoms. The van der Waals surface area contributed by atoms with Crippen LogP contribution in [0.15, 0.2) is 71.3 Å². The van der Waals surface area contributed by atoms with Crippen LogP contribution in [0, 0.1) is 0 Å². The van der Waals surface area contributed by atoms with Gasteiger partial charge in [0, 0.05) is 36.0 Å². The standard InChI is InChI=1S/C18H22N4O2S.C8H9NO2/c1-23-16-11-10-15(13-7-4-5-8-14(13)16)18-21-17(24-22-18)9-3-2-6-12-20-25-19;9-8(10)11-6-7-4-2-1-3-5-7/h4-5,7-8,10-11,20H,2-3,6,9,12,19H2,1H3;1-5H,6H2,(H2,9,10). The van der Waals surface area contributed by atoms with Crippen molar-refractivity contribution in [2.75, 3.05) is 13.7 Å². The van der Waals surface area contributed by atoms with E-state index < -0.39 is 6.09 Å². The number of unbranched alkanes of at least 4 members (excludes halogenated alkanes) is 2. The van der Waals surface area contributed by atoms with E-state index in [1.54, 1.807) is 7.11 Å². The molecule has 0 atom stereocenters. The SMILES string of the molecule is COc1ccc(-c2noc(CCCCCNSN)n2)c2ccccc12.NC(=O)OCc1ccccc1. The van der Waals surface area contributed by atoms with E-state index in [2.05, 4.69) is 19.6 Å². The highest BCUT2D eigenvalue weighted by Crippen LogP contribution is 2.33. The van der Waals surface area contributed by atoms with Crippen LogP contribution in [0.2, 0.25) is 0 Å². The molecule has 5 N–H and O–H groups in total. The number of methoxy groups -OCH3 is 1. The van der Waals surface area contributed by atoms with Crippen LogP contribution < -0.4 is 20.3 Å². The fourth-order valence-corrected chi connectivity index (χ4v) is 3.81. The molecule has 0 radical (unpaired) electrons. The Morgan fingerprint density at radius 3 is 2.47 bits per heavy atom. The van der Waals surface area contributed by atoms with Crippen LogP contribution in [0.5, 0.6) is 5.75 Å². The van der Waals surface area contributed by atoms with Crippen molar-refractivity contribution in [2.45, 2.75) is 32.3 Å². The van der Waals surface area contributed by atoms with Crippen molar-refractivity contribution in [3.63, 3.8) is 0 Å². The van der Waals surface area contributed by atoms with Crippen LogP contribution in [-0.4, -0.2) is 29.9 Å². The molecule has 0 bridgehead atoms. The van der Waals surface area contributed by atoms with E-state index in [9.17, 15) is 4.79 Å². The first-order valence-electron chi connectivity index (χ1n) is 11.6. The Hall–Kier alpha value is -3.60. The molecule has 1 amide bonds. The van der Waals surface area contributed by atoms with Crippen molar-refractivity contribution in [1.82, 2.24) is 14.9 Å². The first-order valence-corrected chi connectivity index (χ1v) is 12.4. The summed E-state index contributed by atoms with van der Waals surface area (Å²) in [7, 11) is 1.68. The van der Waals surface area contributed by atoms with Crippen LogP contribution in [0.1, 0.15) is 30.7 Å². The minimum absolute atomic E-state index is 0.246. The normalized spacial score (nSPS) is 10.5. The predicted octanol–water partition coefficient (Wildman–Crippen LogP) is 5.00. The van der Waals surface area contributed by atoms with Crippen molar-refractivity contribution in [2.24, 2.45) is 10.9 Å². The largest absolute Gasteiger partial charge is 0.496 e. The molecule has 0 aliphatic carbocycles. The number of aromatic nitrogens is 2. The zero-order valence-electron chi connectivity index (χ0n) is 20.2. The van der Waals surface area contributed by atoms with Gasteiger partial charge in [-0.25, -0.2) is 4.79 Å². The maximum absolute atomic E-state index is 10.2. The summed E-state index contributed by atoms with van der Waals surface area (Å²) in [6, 6.07) is 21.4. The third-order valence-electron chi connectivity index (χ3n) is 5.29. The van der Waals surface area contributed by atoms with Crippen molar-refractivity contribution >= 4 is 29.0 Å². The Morgan fingerprint density at radius 1 is 1.00 bits per heavy atom. The summed E-state index contributed by atoms with van der Waals surface area (Å²) in [5, 5.41) is 11.6. The molecule has 190 valence electrons. The van der Waals surface area contributed by atoms with Gasteiger partial charge in [-0.2, -0.15) is 4.98 Å². The monoisotopic (exact) mass is 509 g/mol. The van der Waals surface area contributed by atoms with Crippen LogP contribution in [-0.2, 0) is 17.8 Å². The molecule has 36 heavy (non-hydrogen) atoms. The van der Waals surface area contributed by atoms with Gasteiger partial charge in [0.25, 0.3) is 0 Å². The third-order valence-corrected chi connectivity index (χ3v) is 5.66. The number of hydrogen-bond donors (Lipinski definition) is 3. The van der Waals surface area contributed by atoms with E-state index in [0.717, 1.165) is 72.0 Å². The van der Waals surface area contributed by atoms with Gasteiger partial charge in [-0.05, 0) is 35.9 Å². The number of hydrogen-bond acceptors (Lipinski definition) is 9. The number of nitrogens with two attached hydrogens (primary N) is 2. The number of amides is 1. The van der Waals surface area contributed by atoms with Gasteiger partial charge < -0.3 is 19.7 Å². The summed E-state index contributed by atoms with van der Waals surface area (Å²) >= 11 is 1.16. The van der Waals surface area contributed by atoms with E-state index in [0.29, 0.717) is 11.7 Å². The molecule has 1 heterocycles. The number of nitrogens with one attached hydrogen (secondary N) is 1. The van der Waals surface area contributed by atoms with Crippen LogP contribution in [0.3, 0.4) is 0 Å². The highest BCUT2D eigenvalue weighted by Gasteiger charge is 2.13. The highest BCUT2D eigenvalue weighted by atomic mass is 32.2. The maximum Gasteiger partial charge on any atom is 0.404 e. The average molecular weight is 510 g/mol. The fraction of sp³-hybridized carbons (Fsp3) is 0.269. The molecule has 0 unspecified atom stereocenters. The van der Waals surface area contributed by atoms with E-state index in [1.807, 2.05) is 66.7 Å². The van der Waals surface area contributed by atoms with Crippen LogP contribution in [0.4, 0.5) is 4.79 Å². The van der Waals surface area contributed by atoms with Gasteiger partial charge in [-0.15, -0.1) is 0 Å². The topological polar surface area (TPSA) is 139 Å². The van der Waals surface area contributed by atoms with Gasteiger partial charge in [0.1, 0.15) is 12.4 Å². The molecule has 9 nitrogen and oxygen atoms in total. The predicted molar refractivity (Wildman–Crippen MR) is 142 cm³/mol. The number of carbonyl (C=O) groups excluding carboxylic acids is 1. The average Bonchev–Trinajstić information content (AvgIpc) is 3.38. The summed E-state index contributed by atoms with van der Waals surface area (Å²) < 4.78 is 18.5. The summed E-state index contributed by atoms with van der Waals surface area (Å²) in [5.74, 6) is 2.14. The summed E-state index contributed by atoms with van der Waals surface area (Å²) in [6.07, 6.45) is 3.23. The Kier molecular flexibility index (Phi) is 11.0. The van der Waals surface area contributed by atoms with E-state index in [-0.39, 0.29) is 6.61 Å². The van der Waals surface area contributed by atoms with Gasteiger partial charge in [0.15, 0.2) is 0 Å². The Labute approximate surface area is 214 Å². The van der Waals surface area contributed by atoms with Crippen molar-refractivity contribution in [3.8, 4) is 17.1 Å². The first-order chi connectivity index (χ1) is 17.6. The number of carbonyl (C=O) groups is 1. The molecule has 4 rings (SSSR count). The number of primary amides is 1. The van der Waals surface area contributed by atoms with Gasteiger partial charge in [-0.3, -0.25) is 9.86 Å². The zero-order valence-corrected chi connectivity index (χ0v) is 21.0. The molecule has 1 aromatic heterocycles. The molecule has 0 fully saturated rings. The second-order valence-corrected chi connectivity index (χ2v) is 8.31. The first kappa shape index (κ1) is 27.0. The molecular weight excluding hydrogens is 478 g/mol. The lowest BCUT2D eigenvalue weighted by molar-refractivity contribution is 0.150. The molecular formula is C26H31N5O4S. The molecule has 4 aromatic rings. The number of ether oxygens (including phenoxy) is 2. The maximum atomic E-state index is 10.2. The van der Waals surface area contributed by atoms with Crippen LogP contribution >= 0.6 is 12.1 Å². The van der Waals surface area contributed by atoms with Gasteiger partial charge in [0.2, 0.25) is 11.7 Å². The van der Waals surface area contributed by atoms with Crippen molar-refractivity contribution < 1.29 is 18.8 Å². The molecule has 0 aliphatic rings. The second-order valence-electron chi connectivity index (χ2n) is 7.79. The molecule has 0 aliphatic heterocycles. The summed E-state index contributed by atoms with van der Waals surface area (Å²) in [6.45, 7) is 1.16. The lowest BCUT2D eigenvalue weighted by Crippen LogP contribution is -2.12. The summed E-state index contributed by atoms with van der Waals surface area (Å²) in [4.78, 5) is 14.7. The zero-order chi connectivity index (χ0) is 25.6. The number of fused-ring (bicyclic) bond motifs is 1. The number of rotatable bonds is 11. The van der Waals surface area contributed by atoms with Crippen molar-refractivity contribution in [3.05, 3.63) is 78.2 Å². The minimum Gasteiger partial charge on any atom is -0.496 e. The number of benzene rings is 3. The second kappa shape index (κ2) is 14.7. The lowest BCUT2D eigenvalue weighted by atomic mass is 10.0. The number of nitrogens with zero attached hydrogens (tertiary/aromatic N) is 2. The van der Waals surface area contributed by atoms with Crippen LogP contribution in [0.25, 0.3) is 22.2 Å². The quantitative estimate of drug-likeness (QED) is 0.188. The Balaban J connectivity index is 0.000000275. The van der Waals surface area contributed by atoms with Gasteiger partial charge in [0.05, 0.1) is 7.11 Å². The van der Waals surface area contributed by atoms with Crippen molar-refractivity contribution in [1.29, 1.82) is 0 Å². The van der Waals surface area contributed by atoms with E-state index in [1.165, 1.54) is 0 Å². The Bertz CT molecular complexity index is 1220. The Morgan fingerprint density at radius 2 is 1.75 bits per heavy atom. The molecule has 0 saturated carbocycles. The lowest BCUT2D eigenvalue weighted by Gasteiger charge is -2.07. The molecule has 0 saturated heterocycles. The minimum atomic E-state index is -0.742. The molecule has 10 heteroatoms. The fourth-order valence-electron chi connectivity index (χ4n) is 3.55. The third kappa shape index (κ3) is 8.26. The van der Waals surface area contributed by atoms with E-state index >= 15 is 0 Å². The highest BCUT2D eigenvalue weighted by molar-refractivity contribution is 7.95. The number of aryl methyl sites for hydroxylation is 1. The van der Waals surface area contributed by atoms with E-state index in [4.69, 9.17) is 20.1 Å².